The van der Waals surface area contributed by atoms with Gasteiger partial charge in [0.25, 0.3) is 0 Å². The van der Waals surface area contributed by atoms with Crippen LogP contribution < -0.4 is 5.32 Å². The average molecular weight is 342 g/mol. The van der Waals surface area contributed by atoms with Crippen molar-refractivity contribution >= 4 is 11.9 Å². The molecule has 0 aromatic heterocycles. The lowest BCUT2D eigenvalue weighted by atomic mass is 9.68. The minimum atomic E-state index is 0.0416. The van der Waals surface area contributed by atoms with Gasteiger partial charge in [-0.3, -0.25) is 4.79 Å². The zero-order valence-corrected chi connectivity index (χ0v) is 15.5. The van der Waals surface area contributed by atoms with E-state index in [9.17, 15) is 4.79 Å². The summed E-state index contributed by atoms with van der Waals surface area (Å²) in [5.74, 6) is 0.940. The summed E-state index contributed by atoms with van der Waals surface area (Å²) < 4.78 is 0. The molecule has 1 heterocycles. The van der Waals surface area contributed by atoms with Gasteiger partial charge in [0.2, 0.25) is 5.91 Å². The highest BCUT2D eigenvalue weighted by molar-refractivity contribution is 5.85. The monoisotopic (exact) mass is 342 g/mol. The van der Waals surface area contributed by atoms with Crippen LogP contribution in [0.5, 0.6) is 0 Å². The van der Waals surface area contributed by atoms with Crippen LogP contribution in [0.3, 0.4) is 0 Å². The Morgan fingerprint density at radius 1 is 1.24 bits per heavy atom. The Labute approximate surface area is 151 Å². The summed E-state index contributed by atoms with van der Waals surface area (Å²) in [4.78, 5) is 20.5. The molecule has 2 aliphatic rings. The van der Waals surface area contributed by atoms with Gasteiger partial charge in [0, 0.05) is 33.7 Å². The number of amides is 1. The fourth-order valence-electron chi connectivity index (χ4n) is 3.72. The molecule has 5 nitrogen and oxygen atoms in total. The van der Waals surface area contributed by atoms with Crippen LogP contribution >= 0.6 is 0 Å². The van der Waals surface area contributed by atoms with Crippen LogP contribution in [0.25, 0.3) is 0 Å². The van der Waals surface area contributed by atoms with Crippen molar-refractivity contribution in [3.8, 4) is 0 Å². The van der Waals surface area contributed by atoms with Gasteiger partial charge < -0.3 is 15.1 Å². The molecule has 25 heavy (non-hydrogen) atoms. The van der Waals surface area contributed by atoms with E-state index >= 15 is 0 Å². The predicted octanol–water partition coefficient (Wildman–Crippen LogP) is 2.14. The Kier molecular flexibility index (Phi) is 5.61. The first-order chi connectivity index (χ1) is 12.1. The standard InChI is InChI=1S/C20H30N4O/c1-23(2)18(25)15-22-19(21-13-9-17-7-4-3-5-8-17)24-14-12-20(16-24)10-6-11-20/h3-5,7-8H,6,9-16H2,1-2H3,(H,21,22). The lowest BCUT2D eigenvalue weighted by Crippen LogP contribution is -2.43. The summed E-state index contributed by atoms with van der Waals surface area (Å²) in [5, 5.41) is 3.50. The van der Waals surface area contributed by atoms with Crippen molar-refractivity contribution in [3.63, 3.8) is 0 Å². The van der Waals surface area contributed by atoms with Gasteiger partial charge in [0.15, 0.2) is 5.96 Å². The second kappa shape index (κ2) is 7.89. The summed E-state index contributed by atoms with van der Waals surface area (Å²) in [6, 6.07) is 10.5. The van der Waals surface area contributed by atoms with Crippen molar-refractivity contribution < 1.29 is 4.79 Å². The summed E-state index contributed by atoms with van der Waals surface area (Å²) in [6.07, 6.45) is 6.27. The molecule has 1 saturated heterocycles. The second-order valence-electron chi connectivity index (χ2n) is 7.62. The van der Waals surface area contributed by atoms with Crippen LogP contribution in [0, 0.1) is 5.41 Å². The molecular formula is C20H30N4O. The highest BCUT2D eigenvalue weighted by Crippen LogP contribution is 2.47. The molecule has 1 spiro atoms. The molecule has 1 amide bonds. The molecule has 5 heteroatoms. The number of likely N-dealkylation sites (N-methyl/N-ethyl adjacent to an activating group) is 1. The molecule has 0 bridgehead atoms. The number of guanidine groups is 1. The molecule has 1 saturated carbocycles. The largest absolute Gasteiger partial charge is 0.356 e. The number of rotatable bonds is 5. The number of aliphatic imine (C=N–C) groups is 1. The van der Waals surface area contributed by atoms with Crippen molar-refractivity contribution in [3.05, 3.63) is 35.9 Å². The first kappa shape index (κ1) is 17.8. The number of benzene rings is 1. The third-order valence-corrected chi connectivity index (χ3v) is 5.55. The number of hydrogen-bond acceptors (Lipinski definition) is 2. The maximum absolute atomic E-state index is 11.9. The third-order valence-electron chi connectivity index (χ3n) is 5.55. The van der Waals surface area contributed by atoms with Crippen molar-refractivity contribution in [2.45, 2.75) is 32.1 Å². The Bertz CT molecular complexity index is 607. The Balaban J connectivity index is 1.59. The summed E-state index contributed by atoms with van der Waals surface area (Å²) in [5.41, 5.74) is 1.84. The van der Waals surface area contributed by atoms with Crippen LogP contribution in [0.15, 0.2) is 35.3 Å². The zero-order valence-electron chi connectivity index (χ0n) is 15.5. The number of nitrogens with one attached hydrogen (secondary N) is 1. The quantitative estimate of drug-likeness (QED) is 0.659. The van der Waals surface area contributed by atoms with E-state index in [-0.39, 0.29) is 12.5 Å². The minimum Gasteiger partial charge on any atom is -0.356 e. The lowest BCUT2D eigenvalue weighted by Gasteiger charge is -2.38. The highest BCUT2D eigenvalue weighted by Gasteiger charge is 2.43. The number of carbonyl (C=O) groups excluding carboxylic acids is 1. The summed E-state index contributed by atoms with van der Waals surface area (Å²) >= 11 is 0. The molecule has 1 aliphatic carbocycles. The maximum atomic E-state index is 11.9. The normalized spacial score (nSPS) is 19.0. The van der Waals surface area contributed by atoms with E-state index in [0.29, 0.717) is 5.41 Å². The fourth-order valence-corrected chi connectivity index (χ4v) is 3.72. The molecule has 0 atom stereocenters. The SMILES string of the molecule is CN(C)C(=O)CN=C(NCCc1ccccc1)N1CCC2(CCC2)C1. The van der Waals surface area contributed by atoms with E-state index in [1.54, 1.807) is 19.0 Å². The van der Waals surface area contributed by atoms with Crippen molar-refractivity contribution in [1.29, 1.82) is 0 Å². The molecule has 2 fully saturated rings. The van der Waals surface area contributed by atoms with Crippen LogP contribution in [0.2, 0.25) is 0 Å². The van der Waals surface area contributed by atoms with Crippen LogP contribution in [0.4, 0.5) is 0 Å². The van der Waals surface area contributed by atoms with E-state index in [4.69, 9.17) is 0 Å². The fraction of sp³-hybridized carbons (Fsp3) is 0.600. The van der Waals surface area contributed by atoms with Gasteiger partial charge in [-0.25, -0.2) is 4.99 Å². The first-order valence-electron chi connectivity index (χ1n) is 9.35. The van der Waals surface area contributed by atoms with Gasteiger partial charge in [0.1, 0.15) is 6.54 Å². The van der Waals surface area contributed by atoms with E-state index < -0.39 is 0 Å². The number of carbonyl (C=O) groups is 1. The number of nitrogens with zero attached hydrogens (tertiary/aromatic N) is 3. The van der Waals surface area contributed by atoms with Crippen molar-refractivity contribution in [2.24, 2.45) is 10.4 Å². The molecule has 0 radical (unpaired) electrons. The van der Waals surface area contributed by atoms with Gasteiger partial charge in [-0.2, -0.15) is 0 Å². The molecular weight excluding hydrogens is 312 g/mol. The second-order valence-corrected chi connectivity index (χ2v) is 7.62. The molecule has 1 aromatic rings. The smallest absolute Gasteiger partial charge is 0.243 e. The third kappa shape index (κ3) is 4.53. The molecule has 0 unspecified atom stereocenters. The first-order valence-corrected chi connectivity index (χ1v) is 9.35. The zero-order chi connectivity index (χ0) is 17.7. The average Bonchev–Trinajstić information content (AvgIpc) is 3.04. The molecule has 3 rings (SSSR count). The van der Waals surface area contributed by atoms with Crippen molar-refractivity contribution in [2.75, 3.05) is 40.3 Å². The number of likely N-dealkylation sites (tertiary alicyclic amines) is 1. The molecule has 136 valence electrons. The predicted molar refractivity (Wildman–Crippen MR) is 102 cm³/mol. The topological polar surface area (TPSA) is 47.9 Å². The summed E-state index contributed by atoms with van der Waals surface area (Å²) in [6.45, 7) is 3.18. The highest BCUT2D eigenvalue weighted by atomic mass is 16.2. The van der Waals surface area contributed by atoms with Crippen molar-refractivity contribution in [1.82, 2.24) is 15.1 Å². The Hall–Kier alpha value is -2.04. The van der Waals surface area contributed by atoms with E-state index in [1.165, 1.54) is 31.2 Å². The molecule has 1 N–H and O–H groups in total. The molecule has 1 aliphatic heterocycles. The van der Waals surface area contributed by atoms with E-state index in [2.05, 4.69) is 39.5 Å². The van der Waals surface area contributed by atoms with E-state index in [1.807, 2.05) is 6.07 Å². The van der Waals surface area contributed by atoms with Gasteiger partial charge in [0.05, 0.1) is 0 Å². The van der Waals surface area contributed by atoms with E-state index in [0.717, 1.165) is 32.0 Å². The Morgan fingerprint density at radius 2 is 2.00 bits per heavy atom. The minimum absolute atomic E-state index is 0.0416. The van der Waals surface area contributed by atoms with Gasteiger partial charge >= 0.3 is 0 Å². The number of hydrogen-bond donors (Lipinski definition) is 1. The van der Waals surface area contributed by atoms with Crippen LogP contribution in [0.1, 0.15) is 31.2 Å². The summed E-state index contributed by atoms with van der Waals surface area (Å²) in [7, 11) is 3.55. The van der Waals surface area contributed by atoms with Crippen LogP contribution in [-0.2, 0) is 11.2 Å². The van der Waals surface area contributed by atoms with Gasteiger partial charge in [-0.1, -0.05) is 36.8 Å². The van der Waals surface area contributed by atoms with Crippen LogP contribution in [-0.4, -0.2) is 61.9 Å². The van der Waals surface area contributed by atoms with Gasteiger partial charge in [-0.15, -0.1) is 0 Å². The van der Waals surface area contributed by atoms with Gasteiger partial charge in [-0.05, 0) is 36.7 Å². The molecule has 1 aromatic carbocycles. The lowest BCUT2D eigenvalue weighted by molar-refractivity contribution is -0.127. The Morgan fingerprint density at radius 3 is 2.60 bits per heavy atom. The maximum Gasteiger partial charge on any atom is 0.243 e.